The molecule has 0 amide bonds. The quantitative estimate of drug-likeness (QED) is 0.381. The Morgan fingerprint density at radius 3 is 2.75 bits per heavy atom. The highest BCUT2D eigenvalue weighted by atomic mass is 127. The minimum atomic E-state index is 0. The third-order valence-corrected chi connectivity index (χ3v) is 5.42. The summed E-state index contributed by atoms with van der Waals surface area (Å²) in [4.78, 5) is 7.14. The molecular formula is C22H29IN4O. The lowest BCUT2D eigenvalue weighted by molar-refractivity contribution is 0.262. The second kappa shape index (κ2) is 10.1. The zero-order valence-corrected chi connectivity index (χ0v) is 18.4. The predicted molar refractivity (Wildman–Crippen MR) is 124 cm³/mol. The number of likely N-dealkylation sites (tertiary alicyclic amines) is 1. The largest absolute Gasteiger partial charge is 0.493 e. The van der Waals surface area contributed by atoms with Gasteiger partial charge >= 0.3 is 0 Å². The molecule has 0 saturated carbocycles. The molecule has 2 heterocycles. The van der Waals surface area contributed by atoms with Crippen LogP contribution < -0.4 is 15.8 Å². The Bertz CT molecular complexity index is 783. The summed E-state index contributed by atoms with van der Waals surface area (Å²) < 4.78 is 5.71. The number of hydrogen-bond acceptors (Lipinski definition) is 3. The van der Waals surface area contributed by atoms with E-state index < -0.39 is 0 Å². The monoisotopic (exact) mass is 492 g/mol. The van der Waals surface area contributed by atoms with Crippen LogP contribution in [0.2, 0.25) is 0 Å². The van der Waals surface area contributed by atoms with Crippen LogP contribution in [0.3, 0.4) is 0 Å². The lowest BCUT2D eigenvalue weighted by Gasteiger charge is -2.27. The number of aliphatic imine (C=N–C) groups is 1. The maximum absolute atomic E-state index is 6.18. The van der Waals surface area contributed by atoms with Gasteiger partial charge < -0.3 is 15.8 Å². The van der Waals surface area contributed by atoms with E-state index in [1.807, 2.05) is 18.2 Å². The molecule has 1 fully saturated rings. The zero-order chi connectivity index (χ0) is 18.5. The van der Waals surface area contributed by atoms with Crippen molar-refractivity contribution in [3.05, 3.63) is 65.7 Å². The van der Waals surface area contributed by atoms with Crippen molar-refractivity contribution >= 4 is 29.9 Å². The van der Waals surface area contributed by atoms with E-state index in [9.17, 15) is 0 Å². The van der Waals surface area contributed by atoms with Crippen molar-refractivity contribution < 1.29 is 4.74 Å². The number of nitrogens with one attached hydrogen (secondary N) is 1. The van der Waals surface area contributed by atoms with Crippen LogP contribution in [0.4, 0.5) is 0 Å². The van der Waals surface area contributed by atoms with Crippen LogP contribution in [0.5, 0.6) is 5.75 Å². The molecule has 0 aromatic heterocycles. The predicted octanol–water partition coefficient (Wildman–Crippen LogP) is 3.55. The molecule has 150 valence electrons. The number of guanidine groups is 1. The van der Waals surface area contributed by atoms with Crippen molar-refractivity contribution in [3.8, 4) is 5.75 Å². The maximum Gasteiger partial charge on any atom is 0.189 e. The Morgan fingerprint density at radius 2 is 1.89 bits per heavy atom. The highest BCUT2D eigenvalue weighted by Crippen LogP contribution is 2.31. The van der Waals surface area contributed by atoms with Crippen LogP contribution >= 0.6 is 24.0 Å². The minimum Gasteiger partial charge on any atom is -0.493 e. The van der Waals surface area contributed by atoms with Gasteiger partial charge in [-0.15, -0.1) is 24.0 Å². The van der Waals surface area contributed by atoms with E-state index in [0.717, 1.165) is 43.9 Å². The number of hydrogen-bond donors (Lipinski definition) is 2. The first kappa shape index (κ1) is 20.9. The number of rotatable bonds is 5. The normalized spacial score (nSPS) is 22.1. The van der Waals surface area contributed by atoms with Crippen LogP contribution in [0.15, 0.2) is 59.6 Å². The summed E-state index contributed by atoms with van der Waals surface area (Å²) in [6, 6.07) is 19.0. The van der Waals surface area contributed by atoms with E-state index in [0.29, 0.717) is 18.5 Å². The summed E-state index contributed by atoms with van der Waals surface area (Å²) in [6.45, 7) is 4.74. The summed E-state index contributed by atoms with van der Waals surface area (Å²) in [7, 11) is 0. The number of fused-ring (bicyclic) bond motifs is 1. The molecule has 6 heteroatoms. The van der Waals surface area contributed by atoms with Crippen molar-refractivity contribution in [2.45, 2.75) is 25.4 Å². The van der Waals surface area contributed by atoms with Gasteiger partial charge in [0.15, 0.2) is 5.96 Å². The summed E-state index contributed by atoms with van der Waals surface area (Å²) in [5.74, 6) is 2.07. The number of ether oxygens (including phenoxy) is 1. The Kier molecular flexibility index (Phi) is 7.56. The molecular weight excluding hydrogens is 463 g/mol. The van der Waals surface area contributed by atoms with Gasteiger partial charge in [-0.3, -0.25) is 9.89 Å². The molecule has 2 aliphatic heterocycles. The van der Waals surface area contributed by atoms with Gasteiger partial charge in [-0.1, -0.05) is 48.5 Å². The van der Waals surface area contributed by atoms with Crippen LogP contribution in [0, 0.1) is 5.92 Å². The third kappa shape index (κ3) is 5.38. The van der Waals surface area contributed by atoms with Gasteiger partial charge in [0, 0.05) is 31.6 Å². The molecule has 2 aromatic rings. The summed E-state index contributed by atoms with van der Waals surface area (Å²) in [5.41, 5.74) is 8.72. The van der Waals surface area contributed by atoms with Gasteiger partial charge in [0.05, 0.1) is 12.6 Å². The fourth-order valence-electron chi connectivity index (χ4n) is 3.99. The number of para-hydroxylation sites is 1. The van der Waals surface area contributed by atoms with E-state index in [1.165, 1.54) is 12.0 Å². The highest BCUT2D eigenvalue weighted by Gasteiger charge is 2.23. The van der Waals surface area contributed by atoms with Crippen LogP contribution in [0.1, 0.15) is 30.0 Å². The van der Waals surface area contributed by atoms with Gasteiger partial charge in [0.2, 0.25) is 0 Å². The molecule has 3 N–H and O–H groups in total. The lowest BCUT2D eigenvalue weighted by atomic mass is 10.0. The molecule has 28 heavy (non-hydrogen) atoms. The van der Waals surface area contributed by atoms with Gasteiger partial charge in [-0.2, -0.15) is 0 Å². The topological polar surface area (TPSA) is 62.9 Å². The molecule has 2 atom stereocenters. The zero-order valence-electron chi connectivity index (χ0n) is 16.1. The van der Waals surface area contributed by atoms with Crippen LogP contribution in [-0.4, -0.2) is 37.1 Å². The van der Waals surface area contributed by atoms with Gasteiger partial charge in [0.1, 0.15) is 5.75 Å². The average molecular weight is 492 g/mol. The lowest BCUT2D eigenvalue weighted by Crippen LogP contribution is -2.37. The van der Waals surface area contributed by atoms with E-state index in [-0.39, 0.29) is 30.0 Å². The third-order valence-electron chi connectivity index (χ3n) is 5.42. The number of nitrogens with zero attached hydrogens (tertiary/aromatic N) is 2. The van der Waals surface area contributed by atoms with Crippen molar-refractivity contribution in [1.82, 2.24) is 10.2 Å². The van der Waals surface area contributed by atoms with Crippen molar-refractivity contribution in [2.75, 3.05) is 26.2 Å². The fourth-order valence-corrected chi connectivity index (χ4v) is 3.99. The molecule has 0 radical (unpaired) electrons. The SMILES string of the molecule is I.NC(=NCC1CCN(Cc2ccccc2)C1)NC1CCOc2ccccc21. The molecule has 0 aliphatic carbocycles. The molecule has 2 aromatic carbocycles. The average Bonchev–Trinajstić information content (AvgIpc) is 3.15. The molecule has 1 saturated heterocycles. The molecule has 5 nitrogen and oxygen atoms in total. The maximum atomic E-state index is 6.18. The molecule has 4 rings (SSSR count). The smallest absolute Gasteiger partial charge is 0.189 e. The van der Waals surface area contributed by atoms with Crippen molar-refractivity contribution in [2.24, 2.45) is 16.6 Å². The molecule has 0 bridgehead atoms. The van der Waals surface area contributed by atoms with E-state index in [4.69, 9.17) is 10.5 Å². The molecule has 0 spiro atoms. The van der Waals surface area contributed by atoms with E-state index in [2.05, 4.69) is 51.6 Å². The van der Waals surface area contributed by atoms with E-state index in [1.54, 1.807) is 0 Å². The summed E-state index contributed by atoms with van der Waals surface area (Å²) >= 11 is 0. The fraction of sp³-hybridized carbons (Fsp3) is 0.409. The van der Waals surface area contributed by atoms with Gasteiger partial charge in [-0.05, 0) is 30.5 Å². The van der Waals surface area contributed by atoms with Crippen molar-refractivity contribution in [3.63, 3.8) is 0 Å². The number of nitrogens with two attached hydrogens (primary N) is 1. The van der Waals surface area contributed by atoms with Crippen molar-refractivity contribution in [1.29, 1.82) is 0 Å². The molecule has 2 aliphatic rings. The minimum absolute atomic E-state index is 0. The highest BCUT2D eigenvalue weighted by molar-refractivity contribution is 14.0. The van der Waals surface area contributed by atoms with Gasteiger partial charge in [-0.25, -0.2) is 0 Å². The second-order valence-electron chi connectivity index (χ2n) is 7.47. The Morgan fingerprint density at radius 1 is 1.11 bits per heavy atom. The summed E-state index contributed by atoms with van der Waals surface area (Å²) in [6.07, 6.45) is 2.09. The Balaban J connectivity index is 0.00000225. The van der Waals surface area contributed by atoms with Crippen LogP contribution in [0.25, 0.3) is 0 Å². The number of benzene rings is 2. The Labute approximate surface area is 184 Å². The standard InChI is InChI=1S/C22H28N4O.HI/c23-22(25-20-11-13-27-21-9-5-4-8-19(20)21)24-14-18-10-12-26(16-18)15-17-6-2-1-3-7-17;/h1-9,18,20H,10-16H2,(H3,23,24,25);1H. The Hall–Kier alpha value is -1.80. The molecule has 2 unspecified atom stereocenters. The van der Waals surface area contributed by atoms with E-state index >= 15 is 0 Å². The van der Waals surface area contributed by atoms with Crippen LogP contribution in [-0.2, 0) is 6.54 Å². The first-order chi connectivity index (χ1) is 13.3. The number of halogens is 1. The first-order valence-electron chi connectivity index (χ1n) is 9.82. The first-order valence-corrected chi connectivity index (χ1v) is 9.82. The van der Waals surface area contributed by atoms with Gasteiger partial charge in [0.25, 0.3) is 0 Å². The summed E-state index contributed by atoms with van der Waals surface area (Å²) in [5, 5.41) is 3.38. The second-order valence-corrected chi connectivity index (χ2v) is 7.47.